The van der Waals surface area contributed by atoms with E-state index in [1.807, 2.05) is 6.26 Å². The quantitative estimate of drug-likeness (QED) is 0.424. The zero-order valence-corrected chi connectivity index (χ0v) is 16.4. The van der Waals surface area contributed by atoms with Crippen molar-refractivity contribution in [3.63, 3.8) is 0 Å². The topological polar surface area (TPSA) is 29.5 Å². The van der Waals surface area contributed by atoms with Gasteiger partial charge in [0, 0.05) is 39.8 Å². The Morgan fingerprint density at radius 1 is 1.45 bits per heavy atom. The number of allylic oxidation sites excluding steroid dienone is 1. The molecule has 1 unspecified atom stereocenters. The van der Waals surface area contributed by atoms with Crippen molar-refractivity contribution in [2.45, 2.75) is 11.8 Å². The molecule has 0 saturated carbocycles. The molecule has 1 atom stereocenters. The standard InChI is InChI=1S/C14H13ClF2NO2S.Y/c1-18-12(4-3-9(15)14(18)19)13-10(16)5-8(6-11(13)17)20-7-21-2;/h5-6,9H,3,7H2,1-2H3;/q-1;. The van der Waals surface area contributed by atoms with E-state index >= 15 is 0 Å². The summed E-state index contributed by atoms with van der Waals surface area (Å²) in [5, 5.41) is -0.756. The number of hydrogen-bond donors (Lipinski definition) is 0. The SMILES string of the molecule is CSCOc1cc(F)c(C2=[C-]CC(Cl)C(=O)N2C)c(F)c1.[Y]. The number of thioether (sulfide) groups is 1. The average molecular weight is 422 g/mol. The predicted octanol–water partition coefficient (Wildman–Crippen LogP) is 3.28. The fourth-order valence-corrected chi connectivity index (χ4v) is 2.43. The molecule has 0 fully saturated rings. The van der Waals surface area contributed by atoms with Gasteiger partial charge in [-0.3, -0.25) is 4.79 Å². The maximum absolute atomic E-state index is 14.2. The largest absolute Gasteiger partial charge is 0.483 e. The van der Waals surface area contributed by atoms with Crippen LogP contribution in [0.2, 0.25) is 0 Å². The third-order valence-corrected chi connectivity index (χ3v) is 3.67. The van der Waals surface area contributed by atoms with Gasteiger partial charge in [-0.1, -0.05) is 12.0 Å². The Morgan fingerprint density at radius 3 is 2.59 bits per heavy atom. The van der Waals surface area contributed by atoms with Gasteiger partial charge in [0.1, 0.15) is 17.1 Å². The monoisotopic (exact) mass is 421 g/mol. The van der Waals surface area contributed by atoms with Crippen LogP contribution in [0.5, 0.6) is 5.75 Å². The van der Waals surface area contributed by atoms with Crippen molar-refractivity contribution >= 4 is 35.0 Å². The van der Waals surface area contributed by atoms with E-state index in [1.54, 1.807) is 0 Å². The van der Waals surface area contributed by atoms with Gasteiger partial charge in [-0.2, -0.15) is 0 Å². The van der Waals surface area contributed by atoms with Crippen molar-refractivity contribution in [1.82, 2.24) is 4.90 Å². The fourth-order valence-electron chi connectivity index (χ4n) is 1.95. The van der Waals surface area contributed by atoms with Crippen molar-refractivity contribution in [1.29, 1.82) is 0 Å². The van der Waals surface area contributed by atoms with Crippen molar-refractivity contribution in [2.75, 3.05) is 19.2 Å². The van der Waals surface area contributed by atoms with E-state index in [-0.39, 0.29) is 56.1 Å². The van der Waals surface area contributed by atoms with Crippen LogP contribution in [0, 0.1) is 17.7 Å². The van der Waals surface area contributed by atoms with Gasteiger partial charge in [0.2, 0.25) is 5.91 Å². The van der Waals surface area contributed by atoms with Crippen LogP contribution < -0.4 is 4.74 Å². The Labute approximate surface area is 162 Å². The van der Waals surface area contributed by atoms with Crippen molar-refractivity contribution in [3.05, 3.63) is 35.4 Å². The summed E-state index contributed by atoms with van der Waals surface area (Å²) in [7, 11) is 1.41. The van der Waals surface area contributed by atoms with Gasteiger partial charge in [0.15, 0.2) is 0 Å². The maximum Gasteiger partial charge on any atom is 0.240 e. The minimum atomic E-state index is -0.804. The van der Waals surface area contributed by atoms with Crippen LogP contribution >= 0.6 is 23.4 Å². The molecular formula is C14H13ClF2NO2SY-. The van der Waals surface area contributed by atoms with Crippen LogP contribution in [0.15, 0.2) is 12.1 Å². The molecule has 1 aromatic rings. The van der Waals surface area contributed by atoms with Crippen LogP contribution in [0.3, 0.4) is 0 Å². The first-order chi connectivity index (χ1) is 9.95. The van der Waals surface area contributed by atoms with Gasteiger partial charge in [-0.25, -0.2) is 14.9 Å². The van der Waals surface area contributed by atoms with Crippen LogP contribution in [0.1, 0.15) is 12.0 Å². The van der Waals surface area contributed by atoms with Gasteiger partial charge in [-0.15, -0.1) is 29.1 Å². The Kier molecular flexibility index (Phi) is 7.79. The molecule has 0 saturated heterocycles. The number of amides is 1. The molecule has 0 N–H and O–H groups in total. The smallest absolute Gasteiger partial charge is 0.240 e. The second-order valence-electron chi connectivity index (χ2n) is 4.41. The molecule has 1 amide bonds. The number of nitrogens with zero attached hydrogens (tertiary/aromatic N) is 1. The molecule has 1 radical (unpaired) electrons. The summed E-state index contributed by atoms with van der Waals surface area (Å²) < 4.78 is 33.5. The van der Waals surface area contributed by atoms with Gasteiger partial charge >= 0.3 is 0 Å². The summed E-state index contributed by atoms with van der Waals surface area (Å²) in [6.07, 6.45) is 4.70. The Bertz CT molecular complexity index is 577. The van der Waals surface area contributed by atoms with E-state index in [0.29, 0.717) is 5.94 Å². The first-order valence-electron chi connectivity index (χ1n) is 6.09. The predicted molar refractivity (Wildman–Crippen MR) is 79.0 cm³/mol. The molecule has 0 aliphatic carbocycles. The number of benzene rings is 1. The van der Waals surface area contributed by atoms with E-state index in [1.165, 1.54) is 18.8 Å². The molecule has 1 aliphatic heterocycles. The number of rotatable bonds is 4. The first-order valence-corrected chi connectivity index (χ1v) is 7.92. The van der Waals surface area contributed by atoms with E-state index in [4.69, 9.17) is 16.3 Å². The van der Waals surface area contributed by atoms with E-state index in [9.17, 15) is 13.6 Å². The molecule has 0 bridgehead atoms. The minimum absolute atomic E-state index is 0. The average Bonchev–Trinajstić information content (AvgIpc) is 2.44. The van der Waals surface area contributed by atoms with E-state index < -0.39 is 22.9 Å². The summed E-state index contributed by atoms with van der Waals surface area (Å²) in [5.74, 6) is -1.63. The summed E-state index contributed by atoms with van der Waals surface area (Å²) in [5.41, 5.74) is -0.241. The Morgan fingerprint density at radius 2 is 2.05 bits per heavy atom. The van der Waals surface area contributed by atoms with Gasteiger partial charge in [0.25, 0.3) is 0 Å². The van der Waals surface area contributed by atoms with E-state index in [0.717, 1.165) is 17.0 Å². The van der Waals surface area contributed by atoms with Crippen LogP contribution in [0.4, 0.5) is 8.78 Å². The molecule has 8 heteroatoms. The van der Waals surface area contributed by atoms with Gasteiger partial charge in [0.05, 0.1) is 11.6 Å². The van der Waals surface area contributed by atoms with Crippen LogP contribution in [-0.2, 0) is 37.5 Å². The zero-order valence-electron chi connectivity index (χ0n) is 12.0. The second-order valence-corrected chi connectivity index (χ2v) is 5.75. The minimum Gasteiger partial charge on any atom is -0.483 e. The molecule has 2 rings (SSSR count). The van der Waals surface area contributed by atoms with Crippen LogP contribution in [0.25, 0.3) is 5.70 Å². The third kappa shape index (κ3) is 4.22. The molecule has 1 aliphatic rings. The Balaban J connectivity index is 0.00000242. The second kappa shape index (κ2) is 8.62. The van der Waals surface area contributed by atoms with Crippen molar-refractivity contribution < 1.29 is 51.0 Å². The van der Waals surface area contributed by atoms with Gasteiger partial charge in [-0.05, 0) is 18.4 Å². The Hall–Kier alpha value is -0.166. The number of alkyl halides is 1. The number of carbonyl (C=O) groups is 1. The van der Waals surface area contributed by atoms with E-state index in [2.05, 4.69) is 6.08 Å². The summed E-state index contributed by atoms with van der Waals surface area (Å²) in [4.78, 5) is 12.9. The molecule has 3 nitrogen and oxygen atoms in total. The third-order valence-electron chi connectivity index (χ3n) is 2.98. The number of hydrogen-bond acceptors (Lipinski definition) is 3. The summed E-state index contributed by atoms with van der Waals surface area (Å²) in [6, 6.07) is 2.18. The van der Waals surface area contributed by atoms with Crippen LogP contribution in [-0.4, -0.2) is 35.4 Å². The van der Waals surface area contributed by atoms with Crippen molar-refractivity contribution in [3.8, 4) is 5.75 Å². The molecule has 1 heterocycles. The normalized spacial score (nSPS) is 17.9. The number of halogens is 3. The molecule has 0 aromatic heterocycles. The fraction of sp³-hybridized carbons (Fsp3) is 0.357. The molecular weight excluding hydrogens is 409 g/mol. The molecule has 1 aromatic carbocycles. The summed E-state index contributed by atoms with van der Waals surface area (Å²) >= 11 is 7.19. The number of ether oxygens (including phenoxy) is 1. The number of carbonyl (C=O) groups excluding carboxylic acids is 1. The van der Waals surface area contributed by atoms with Gasteiger partial charge < -0.3 is 9.64 Å². The maximum atomic E-state index is 14.2. The molecule has 117 valence electrons. The zero-order chi connectivity index (χ0) is 15.6. The molecule has 0 spiro atoms. The molecule has 22 heavy (non-hydrogen) atoms. The van der Waals surface area contributed by atoms with Crippen molar-refractivity contribution in [2.24, 2.45) is 0 Å². The summed E-state index contributed by atoms with van der Waals surface area (Å²) in [6.45, 7) is 0. The first kappa shape index (κ1) is 19.9.